The second-order valence-electron chi connectivity index (χ2n) is 4.13. The van der Waals surface area contributed by atoms with Crippen LogP contribution in [0.1, 0.15) is 13.8 Å². The molecule has 0 amide bonds. The maximum absolute atomic E-state index is 13.2. The Kier molecular flexibility index (Phi) is 4.20. The van der Waals surface area contributed by atoms with E-state index in [1.165, 1.54) is 12.1 Å². The molecule has 0 spiro atoms. The number of rotatable bonds is 3. The van der Waals surface area contributed by atoms with E-state index in [9.17, 15) is 4.39 Å². The molecule has 0 aromatic heterocycles. The Bertz CT molecular complexity index is 353. The quantitative estimate of drug-likeness (QED) is 0.767. The Morgan fingerprint density at radius 3 is 2.40 bits per heavy atom. The fourth-order valence-electron chi connectivity index (χ4n) is 1.37. The van der Waals surface area contributed by atoms with Gasteiger partial charge in [0.2, 0.25) is 0 Å². The largest absolute Gasteiger partial charge is 0.490 e. The number of hydrogen-bond acceptors (Lipinski definition) is 1. The first-order chi connectivity index (χ1) is 6.91. The average Bonchev–Trinajstić information content (AvgIpc) is 2.08. The van der Waals surface area contributed by atoms with E-state index in [0.717, 1.165) is 11.2 Å². The zero-order valence-electron chi connectivity index (χ0n) is 9.47. The van der Waals surface area contributed by atoms with Gasteiger partial charge in [0.1, 0.15) is 11.6 Å². The lowest BCUT2D eigenvalue weighted by Crippen LogP contribution is -2.27. The summed E-state index contributed by atoms with van der Waals surface area (Å²) in [4.78, 5) is 0. The van der Waals surface area contributed by atoms with Crippen molar-refractivity contribution in [2.24, 2.45) is 0 Å². The van der Waals surface area contributed by atoms with Crippen LogP contribution in [0.5, 0.6) is 5.75 Å². The molecule has 15 heavy (non-hydrogen) atoms. The molecule has 0 aliphatic heterocycles. The molecule has 0 aliphatic carbocycles. The third-order valence-electron chi connectivity index (χ3n) is 2.01. The van der Waals surface area contributed by atoms with Crippen LogP contribution in [0.2, 0.25) is 13.6 Å². The molecular weight excluding hydrogens is 258 g/mol. The van der Waals surface area contributed by atoms with Gasteiger partial charge in [-0.25, -0.2) is 4.39 Å². The topological polar surface area (TPSA) is 9.23 Å². The summed E-state index contributed by atoms with van der Waals surface area (Å²) in [7, 11) is 0. The van der Waals surface area contributed by atoms with Crippen molar-refractivity contribution in [1.29, 1.82) is 0 Å². The second kappa shape index (κ2) is 5.02. The molecule has 0 N–H and O–H groups in total. The van der Waals surface area contributed by atoms with Crippen molar-refractivity contribution in [1.82, 2.24) is 0 Å². The minimum absolute atomic E-state index is 0.0873. The van der Waals surface area contributed by atoms with Gasteiger partial charge in [-0.3, -0.25) is 0 Å². The lowest BCUT2D eigenvalue weighted by Gasteiger charge is -2.17. The molecule has 0 fully saturated rings. The van der Waals surface area contributed by atoms with Crippen LogP contribution in [0.25, 0.3) is 0 Å². The zero-order valence-corrected chi connectivity index (χ0v) is 11.1. The monoisotopic (exact) mass is 272 g/mol. The van der Waals surface area contributed by atoms with Crippen LogP contribution in [0.15, 0.2) is 16.6 Å². The SMILES string of the molecule is CB(C)c1cc(F)cc(Br)c1OC(C)C. The van der Waals surface area contributed by atoms with Gasteiger partial charge in [-0.1, -0.05) is 13.6 Å². The Morgan fingerprint density at radius 2 is 1.93 bits per heavy atom. The van der Waals surface area contributed by atoms with E-state index in [-0.39, 0.29) is 18.6 Å². The Labute approximate surface area is 99.2 Å². The van der Waals surface area contributed by atoms with Crippen LogP contribution in [0.4, 0.5) is 4.39 Å². The van der Waals surface area contributed by atoms with Gasteiger partial charge in [0.05, 0.1) is 10.6 Å². The highest BCUT2D eigenvalue weighted by Gasteiger charge is 2.16. The van der Waals surface area contributed by atoms with E-state index in [2.05, 4.69) is 15.9 Å². The molecule has 1 aromatic carbocycles. The average molecular weight is 273 g/mol. The van der Waals surface area contributed by atoms with Gasteiger partial charge >= 0.3 is 0 Å². The van der Waals surface area contributed by atoms with Crippen LogP contribution in [-0.4, -0.2) is 12.8 Å². The van der Waals surface area contributed by atoms with E-state index in [4.69, 9.17) is 4.74 Å². The second-order valence-corrected chi connectivity index (χ2v) is 4.98. The number of halogens is 2. The summed E-state index contributed by atoms with van der Waals surface area (Å²) in [6.45, 7) is 8.20. The van der Waals surface area contributed by atoms with Gasteiger partial charge < -0.3 is 4.74 Å². The molecule has 1 aromatic rings. The number of benzene rings is 1. The van der Waals surface area contributed by atoms with Crippen molar-refractivity contribution in [2.75, 3.05) is 0 Å². The van der Waals surface area contributed by atoms with Gasteiger partial charge in [0.25, 0.3) is 0 Å². The van der Waals surface area contributed by atoms with Gasteiger partial charge in [-0.05, 0) is 47.4 Å². The van der Waals surface area contributed by atoms with Crippen molar-refractivity contribution in [2.45, 2.75) is 33.6 Å². The standard InChI is InChI=1S/C11H15BBrFO/c1-7(2)15-11-9(12(3)4)5-8(14)6-10(11)13/h5-7H,1-4H3. The Morgan fingerprint density at radius 1 is 1.33 bits per heavy atom. The van der Waals surface area contributed by atoms with Gasteiger partial charge in [-0.2, -0.15) is 0 Å². The summed E-state index contributed by atoms with van der Waals surface area (Å²) in [5, 5.41) is 0. The fourth-order valence-corrected chi connectivity index (χ4v) is 1.91. The highest BCUT2D eigenvalue weighted by Crippen LogP contribution is 2.25. The first-order valence-electron chi connectivity index (χ1n) is 5.07. The summed E-state index contributed by atoms with van der Waals surface area (Å²) in [5.41, 5.74) is 0.899. The smallest absolute Gasteiger partial charge is 0.174 e. The summed E-state index contributed by atoms with van der Waals surface area (Å²) in [6, 6.07) is 2.97. The van der Waals surface area contributed by atoms with Crippen LogP contribution in [0, 0.1) is 5.82 Å². The van der Waals surface area contributed by atoms with E-state index in [0.29, 0.717) is 4.47 Å². The van der Waals surface area contributed by atoms with Crippen molar-refractivity contribution >= 4 is 28.1 Å². The van der Waals surface area contributed by atoms with E-state index < -0.39 is 0 Å². The minimum Gasteiger partial charge on any atom is -0.490 e. The third-order valence-corrected chi connectivity index (χ3v) is 2.60. The molecule has 1 rings (SSSR count). The first-order valence-corrected chi connectivity index (χ1v) is 5.86. The van der Waals surface area contributed by atoms with Crippen LogP contribution >= 0.6 is 15.9 Å². The third kappa shape index (κ3) is 3.23. The van der Waals surface area contributed by atoms with Crippen molar-refractivity contribution in [3.05, 3.63) is 22.4 Å². The van der Waals surface area contributed by atoms with E-state index in [1.54, 1.807) is 0 Å². The van der Waals surface area contributed by atoms with Gasteiger partial charge in [0.15, 0.2) is 6.71 Å². The minimum atomic E-state index is -0.235. The molecule has 0 unspecified atom stereocenters. The predicted octanol–water partition coefficient (Wildman–Crippen LogP) is 3.34. The van der Waals surface area contributed by atoms with Crippen molar-refractivity contribution < 1.29 is 9.13 Å². The first kappa shape index (κ1) is 12.6. The molecule has 0 aliphatic rings. The molecule has 1 nitrogen and oxygen atoms in total. The maximum atomic E-state index is 13.2. The normalized spacial score (nSPS) is 10.6. The summed E-state index contributed by atoms with van der Waals surface area (Å²) in [6.07, 6.45) is 0.0873. The molecular formula is C11H15BBrFO. The number of hydrogen-bond donors (Lipinski definition) is 0. The molecule has 0 radical (unpaired) electrons. The summed E-state index contributed by atoms with van der Waals surface area (Å²) in [5.74, 6) is 0.517. The van der Waals surface area contributed by atoms with Crippen molar-refractivity contribution in [3.8, 4) is 5.75 Å². The molecule has 0 saturated carbocycles. The van der Waals surface area contributed by atoms with Gasteiger partial charge in [0, 0.05) is 0 Å². The summed E-state index contributed by atoms with van der Waals surface area (Å²) < 4.78 is 19.6. The maximum Gasteiger partial charge on any atom is 0.174 e. The lowest BCUT2D eigenvalue weighted by molar-refractivity contribution is 0.242. The highest BCUT2D eigenvalue weighted by atomic mass is 79.9. The van der Waals surface area contributed by atoms with Crippen LogP contribution in [-0.2, 0) is 0 Å². The molecule has 0 bridgehead atoms. The number of ether oxygens (including phenoxy) is 1. The predicted molar refractivity (Wildman–Crippen MR) is 67.0 cm³/mol. The van der Waals surface area contributed by atoms with E-state index in [1.807, 2.05) is 27.5 Å². The molecule has 4 heteroatoms. The van der Waals surface area contributed by atoms with Crippen LogP contribution < -0.4 is 10.2 Å². The summed E-state index contributed by atoms with van der Waals surface area (Å²) >= 11 is 3.33. The lowest BCUT2D eigenvalue weighted by atomic mass is 9.49. The highest BCUT2D eigenvalue weighted by molar-refractivity contribution is 9.10. The zero-order chi connectivity index (χ0) is 11.6. The van der Waals surface area contributed by atoms with Crippen molar-refractivity contribution in [3.63, 3.8) is 0 Å². The van der Waals surface area contributed by atoms with Gasteiger partial charge in [-0.15, -0.1) is 0 Å². The fraction of sp³-hybridized carbons (Fsp3) is 0.455. The molecule has 82 valence electrons. The Hall–Kier alpha value is -0.505. The van der Waals surface area contributed by atoms with Crippen LogP contribution in [0.3, 0.4) is 0 Å². The molecule has 0 saturated heterocycles. The Balaban J connectivity index is 3.21. The van der Waals surface area contributed by atoms with E-state index >= 15 is 0 Å². The molecule has 0 atom stereocenters. The molecule has 0 heterocycles.